The third-order valence-corrected chi connectivity index (χ3v) is 0.777. The molecule has 0 aliphatic carbocycles. The lowest BCUT2D eigenvalue weighted by molar-refractivity contribution is -0.158. The summed E-state index contributed by atoms with van der Waals surface area (Å²) in [6, 6.07) is 0. The number of ketones is 1. The number of rotatable bonds is 2. The molecule has 3 heteroatoms. The minimum Gasteiger partial charge on any atom is -0.337 e. The Labute approximate surface area is 60.4 Å². The molecule has 0 aromatic heterocycles. The molecule has 60 valence electrons. The molecule has 0 amide bonds. The van der Waals surface area contributed by atoms with E-state index in [2.05, 4.69) is 4.74 Å². The molecule has 2 nitrogen and oxygen atoms in total. The molecule has 0 aliphatic heterocycles. The average Bonchev–Trinajstić information content (AvgIpc) is 1.60. The number of carbonyl (C=O) groups is 1. The molecule has 0 aromatic carbocycles. The minimum absolute atomic E-state index is 0.588. The molecule has 1 atom stereocenters. The molecular weight excluding hydrogens is 135 g/mol. The number of Topliss-reactive ketones (excluding diaryl/α,β-unsaturated/α-hetero) is 1. The van der Waals surface area contributed by atoms with E-state index in [1.807, 2.05) is 0 Å². The number of hydrogen-bond donors (Lipinski definition) is 0. The van der Waals surface area contributed by atoms with Crippen molar-refractivity contribution in [2.75, 3.05) is 0 Å². The van der Waals surface area contributed by atoms with Crippen molar-refractivity contribution >= 4 is 5.78 Å². The summed E-state index contributed by atoms with van der Waals surface area (Å²) in [4.78, 5) is 10.3. The Morgan fingerprint density at radius 3 is 2.00 bits per heavy atom. The second-order valence-corrected chi connectivity index (χ2v) is 3.16. The summed E-state index contributed by atoms with van der Waals surface area (Å²) >= 11 is 0. The Hall–Kier alpha value is -0.440. The van der Waals surface area contributed by atoms with Crippen LogP contribution in [0.3, 0.4) is 0 Å². The zero-order valence-corrected chi connectivity index (χ0v) is 6.77. The fourth-order valence-electron chi connectivity index (χ4n) is 0.393. The first kappa shape index (κ1) is 9.56. The van der Waals surface area contributed by atoms with Gasteiger partial charge in [-0.1, -0.05) is 0 Å². The van der Waals surface area contributed by atoms with E-state index in [1.54, 1.807) is 20.8 Å². The SMILES string of the molecule is CC(=O)C(F)OC(C)(C)C. The maximum Gasteiger partial charge on any atom is 0.258 e. The monoisotopic (exact) mass is 148 g/mol. The van der Waals surface area contributed by atoms with Crippen LogP contribution in [0.2, 0.25) is 0 Å². The number of ether oxygens (including phenoxy) is 1. The van der Waals surface area contributed by atoms with Crippen LogP contribution in [0.5, 0.6) is 0 Å². The van der Waals surface area contributed by atoms with Gasteiger partial charge in [0.2, 0.25) is 0 Å². The van der Waals surface area contributed by atoms with E-state index in [1.165, 1.54) is 0 Å². The van der Waals surface area contributed by atoms with Gasteiger partial charge in [0.1, 0.15) is 0 Å². The molecule has 10 heavy (non-hydrogen) atoms. The molecule has 0 aliphatic rings. The second-order valence-electron chi connectivity index (χ2n) is 3.16. The summed E-state index contributed by atoms with van der Waals surface area (Å²) in [5, 5.41) is 0. The van der Waals surface area contributed by atoms with Crippen molar-refractivity contribution in [1.29, 1.82) is 0 Å². The Morgan fingerprint density at radius 1 is 1.50 bits per heavy atom. The first-order valence-corrected chi connectivity index (χ1v) is 3.15. The maximum absolute atomic E-state index is 12.4. The van der Waals surface area contributed by atoms with Gasteiger partial charge in [-0.05, 0) is 20.8 Å². The normalized spacial score (nSPS) is 14.9. The topological polar surface area (TPSA) is 26.3 Å². The molecular formula is C7H13FO2. The van der Waals surface area contributed by atoms with E-state index >= 15 is 0 Å². The summed E-state index contributed by atoms with van der Waals surface area (Å²) in [7, 11) is 0. The molecule has 0 heterocycles. The highest BCUT2D eigenvalue weighted by Gasteiger charge is 2.20. The van der Waals surface area contributed by atoms with Gasteiger partial charge >= 0.3 is 0 Å². The van der Waals surface area contributed by atoms with Crippen molar-refractivity contribution in [3.05, 3.63) is 0 Å². The molecule has 0 saturated heterocycles. The van der Waals surface area contributed by atoms with Crippen LogP contribution in [0.25, 0.3) is 0 Å². The molecule has 0 saturated carbocycles. The largest absolute Gasteiger partial charge is 0.337 e. The van der Waals surface area contributed by atoms with Crippen molar-refractivity contribution < 1.29 is 13.9 Å². The van der Waals surface area contributed by atoms with Crippen LogP contribution in [0.1, 0.15) is 27.7 Å². The number of hydrogen-bond acceptors (Lipinski definition) is 2. The van der Waals surface area contributed by atoms with Gasteiger partial charge in [0.25, 0.3) is 6.36 Å². The van der Waals surface area contributed by atoms with Gasteiger partial charge in [-0.15, -0.1) is 0 Å². The first-order chi connectivity index (χ1) is 4.33. The van der Waals surface area contributed by atoms with E-state index in [9.17, 15) is 9.18 Å². The van der Waals surface area contributed by atoms with E-state index in [-0.39, 0.29) is 0 Å². The predicted octanol–water partition coefficient (Wildman–Crippen LogP) is 1.69. The van der Waals surface area contributed by atoms with Crippen molar-refractivity contribution in [2.45, 2.75) is 39.7 Å². The highest BCUT2D eigenvalue weighted by Crippen LogP contribution is 2.11. The number of alkyl halides is 1. The van der Waals surface area contributed by atoms with Gasteiger partial charge in [-0.25, -0.2) is 4.39 Å². The fraction of sp³-hybridized carbons (Fsp3) is 0.857. The number of halogens is 1. The van der Waals surface area contributed by atoms with Crippen LogP contribution in [0.4, 0.5) is 4.39 Å². The van der Waals surface area contributed by atoms with Crippen LogP contribution in [0.15, 0.2) is 0 Å². The van der Waals surface area contributed by atoms with Crippen LogP contribution >= 0.6 is 0 Å². The Bertz CT molecular complexity index is 126. The molecule has 0 spiro atoms. The van der Waals surface area contributed by atoms with Gasteiger partial charge < -0.3 is 4.74 Å². The molecule has 0 N–H and O–H groups in total. The highest BCUT2D eigenvalue weighted by molar-refractivity contribution is 5.78. The summed E-state index contributed by atoms with van der Waals surface area (Å²) in [5.41, 5.74) is -0.592. The quantitative estimate of drug-likeness (QED) is 0.595. The third kappa shape index (κ3) is 4.44. The van der Waals surface area contributed by atoms with Gasteiger partial charge in [0.15, 0.2) is 5.78 Å². The van der Waals surface area contributed by atoms with Crippen molar-refractivity contribution in [1.82, 2.24) is 0 Å². The van der Waals surface area contributed by atoms with Crippen molar-refractivity contribution in [2.24, 2.45) is 0 Å². The molecule has 0 rings (SSSR count). The minimum atomic E-state index is -1.78. The second kappa shape index (κ2) is 3.10. The molecule has 0 radical (unpaired) electrons. The van der Waals surface area contributed by atoms with E-state index in [4.69, 9.17) is 0 Å². The lowest BCUT2D eigenvalue weighted by Gasteiger charge is -2.20. The third-order valence-electron chi connectivity index (χ3n) is 0.777. The molecule has 1 unspecified atom stereocenters. The molecule has 0 fully saturated rings. The van der Waals surface area contributed by atoms with Gasteiger partial charge in [-0.2, -0.15) is 0 Å². The van der Waals surface area contributed by atoms with Crippen LogP contribution in [-0.2, 0) is 9.53 Å². The zero-order valence-electron chi connectivity index (χ0n) is 6.77. The Morgan fingerprint density at radius 2 is 1.90 bits per heavy atom. The van der Waals surface area contributed by atoms with Gasteiger partial charge in [0.05, 0.1) is 5.60 Å². The zero-order chi connectivity index (χ0) is 8.36. The number of carbonyl (C=O) groups excluding carboxylic acids is 1. The van der Waals surface area contributed by atoms with Crippen LogP contribution < -0.4 is 0 Å². The van der Waals surface area contributed by atoms with Crippen LogP contribution in [-0.4, -0.2) is 17.7 Å². The summed E-state index contributed by atoms with van der Waals surface area (Å²) in [5.74, 6) is -0.588. The van der Waals surface area contributed by atoms with Gasteiger partial charge in [-0.3, -0.25) is 4.79 Å². The smallest absolute Gasteiger partial charge is 0.258 e. The molecule has 0 bridgehead atoms. The highest BCUT2D eigenvalue weighted by atomic mass is 19.1. The average molecular weight is 148 g/mol. The maximum atomic E-state index is 12.4. The standard InChI is InChI=1S/C7H13FO2/c1-5(9)6(8)10-7(2,3)4/h6H,1-4H3. The van der Waals surface area contributed by atoms with Crippen molar-refractivity contribution in [3.63, 3.8) is 0 Å². The van der Waals surface area contributed by atoms with E-state index < -0.39 is 17.7 Å². The molecule has 0 aromatic rings. The van der Waals surface area contributed by atoms with Crippen LogP contribution in [0, 0.1) is 0 Å². The lowest BCUT2D eigenvalue weighted by Crippen LogP contribution is -2.28. The first-order valence-electron chi connectivity index (χ1n) is 3.15. The van der Waals surface area contributed by atoms with E-state index in [0.29, 0.717) is 0 Å². The summed E-state index contributed by atoms with van der Waals surface area (Å²) in [6.07, 6.45) is -1.78. The fourth-order valence-corrected chi connectivity index (χ4v) is 0.393. The van der Waals surface area contributed by atoms with Gasteiger partial charge in [0, 0.05) is 6.92 Å². The summed E-state index contributed by atoms with van der Waals surface area (Å²) < 4.78 is 17.1. The van der Waals surface area contributed by atoms with E-state index in [0.717, 1.165) is 6.92 Å². The lowest BCUT2D eigenvalue weighted by atomic mass is 10.2. The predicted molar refractivity (Wildman–Crippen MR) is 36.4 cm³/mol. The summed E-state index contributed by atoms with van der Waals surface area (Å²) in [6.45, 7) is 6.25. The van der Waals surface area contributed by atoms with Crippen molar-refractivity contribution in [3.8, 4) is 0 Å². The Kier molecular flexibility index (Phi) is 2.96. The Balaban J connectivity index is 3.80.